The van der Waals surface area contributed by atoms with Crippen molar-refractivity contribution in [3.05, 3.63) is 40.2 Å². The van der Waals surface area contributed by atoms with Crippen molar-refractivity contribution in [2.45, 2.75) is 25.6 Å². The third kappa shape index (κ3) is 3.27. The number of aryl methyl sites for hydroxylation is 1. The smallest absolute Gasteiger partial charge is 0.336 e. The van der Waals surface area contributed by atoms with Crippen LogP contribution in [-0.4, -0.2) is 42.1 Å². The number of hydrogen-bond donors (Lipinski definition) is 1. The highest BCUT2D eigenvalue weighted by Gasteiger charge is 2.40. The lowest BCUT2D eigenvalue weighted by molar-refractivity contribution is -0.180. The number of anilines is 1. The van der Waals surface area contributed by atoms with Crippen LogP contribution in [0.1, 0.15) is 18.4 Å². The van der Waals surface area contributed by atoms with Crippen molar-refractivity contribution >= 4 is 34.0 Å². The lowest BCUT2D eigenvalue weighted by Crippen LogP contribution is -2.48. The van der Waals surface area contributed by atoms with Crippen LogP contribution < -0.4 is 10.9 Å². The number of rotatable bonds is 1. The molecule has 7 heteroatoms. The van der Waals surface area contributed by atoms with Crippen LogP contribution in [0.4, 0.5) is 5.69 Å². The Morgan fingerprint density at radius 1 is 1.20 bits per heavy atom. The summed E-state index contributed by atoms with van der Waals surface area (Å²) in [5.41, 5.74) is 1.92. The molecule has 4 rings (SSSR count). The summed E-state index contributed by atoms with van der Waals surface area (Å²) >= 11 is 5.53. The van der Waals surface area contributed by atoms with E-state index >= 15 is 0 Å². The van der Waals surface area contributed by atoms with Gasteiger partial charge in [-0.25, -0.2) is 4.79 Å². The predicted octanol–water partition coefficient (Wildman–Crippen LogP) is 2.64. The molecule has 25 heavy (non-hydrogen) atoms. The number of ether oxygens (including phenoxy) is 2. The molecule has 2 aliphatic heterocycles. The van der Waals surface area contributed by atoms with Gasteiger partial charge in [-0.05, 0) is 36.8 Å². The Kier molecular flexibility index (Phi) is 4.23. The van der Waals surface area contributed by atoms with Gasteiger partial charge in [0.15, 0.2) is 10.9 Å². The number of likely N-dealkylation sites (tertiary alicyclic amines) is 1. The van der Waals surface area contributed by atoms with Gasteiger partial charge in [0.05, 0.1) is 13.2 Å². The predicted molar refractivity (Wildman–Crippen MR) is 98.9 cm³/mol. The van der Waals surface area contributed by atoms with E-state index in [4.69, 9.17) is 26.1 Å². The maximum Gasteiger partial charge on any atom is 0.336 e. The molecular weight excluding hydrogens is 340 g/mol. The van der Waals surface area contributed by atoms with Crippen molar-refractivity contribution in [3.8, 4) is 0 Å². The van der Waals surface area contributed by atoms with E-state index in [-0.39, 0.29) is 5.63 Å². The lowest BCUT2D eigenvalue weighted by Gasteiger charge is -2.38. The molecule has 1 aromatic heterocycles. The summed E-state index contributed by atoms with van der Waals surface area (Å²) in [4.78, 5) is 13.7. The van der Waals surface area contributed by atoms with Crippen LogP contribution in [0.15, 0.2) is 33.5 Å². The van der Waals surface area contributed by atoms with E-state index in [0.29, 0.717) is 23.9 Å². The molecule has 0 amide bonds. The minimum Gasteiger partial charge on any atom is -0.423 e. The molecule has 0 aliphatic carbocycles. The standard InChI is InChI=1S/C18H20N2O4S/c1-12-10-16(21)24-15-11-13(2-3-14(12)15)19-17(25)20-6-4-18(5-7-20)22-8-9-23-18/h2-3,10-11H,4-9H2,1H3,(H,19,25). The molecule has 2 aromatic rings. The molecule has 2 saturated heterocycles. The maximum atomic E-state index is 11.6. The summed E-state index contributed by atoms with van der Waals surface area (Å²) in [6, 6.07) is 7.18. The molecule has 0 atom stereocenters. The Bertz CT molecular complexity index is 863. The first-order chi connectivity index (χ1) is 12.0. The van der Waals surface area contributed by atoms with Crippen LogP contribution in [-0.2, 0) is 9.47 Å². The molecule has 0 radical (unpaired) electrons. The van der Waals surface area contributed by atoms with Gasteiger partial charge >= 0.3 is 5.63 Å². The number of benzene rings is 1. The molecule has 2 aliphatic rings. The molecule has 3 heterocycles. The summed E-state index contributed by atoms with van der Waals surface area (Å²) in [6.07, 6.45) is 1.61. The quantitative estimate of drug-likeness (QED) is 0.619. The first-order valence-corrected chi connectivity index (χ1v) is 8.84. The van der Waals surface area contributed by atoms with Crippen molar-refractivity contribution in [1.29, 1.82) is 0 Å². The summed E-state index contributed by atoms with van der Waals surface area (Å²) in [5.74, 6) is -0.407. The van der Waals surface area contributed by atoms with Crippen molar-refractivity contribution in [3.63, 3.8) is 0 Å². The fraction of sp³-hybridized carbons (Fsp3) is 0.444. The van der Waals surface area contributed by atoms with Gasteiger partial charge in [0, 0.05) is 49.1 Å². The van der Waals surface area contributed by atoms with E-state index in [9.17, 15) is 4.79 Å². The molecule has 132 valence electrons. The van der Waals surface area contributed by atoms with Gasteiger partial charge in [-0.2, -0.15) is 0 Å². The normalized spacial score (nSPS) is 19.5. The minimum absolute atomic E-state index is 0.345. The van der Waals surface area contributed by atoms with Crippen LogP contribution >= 0.6 is 12.2 Å². The zero-order valence-corrected chi connectivity index (χ0v) is 14.9. The molecule has 0 unspecified atom stereocenters. The second-order valence-electron chi connectivity index (χ2n) is 6.48. The highest BCUT2D eigenvalue weighted by Crippen LogP contribution is 2.31. The molecule has 1 spiro atoms. The Labute approximate surface area is 150 Å². The highest BCUT2D eigenvalue weighted by atomic mass is 32.1. The number of thiocarbonyl (C=S) groups is 1. The second kappa shape index (κ2) is 6.40. The highest BCUT2D eigenvalue weighted by molar-refractivity contribution is 7.80. The van der Waals surface area contributed by atoms with Crippen LogP contribution in [0.25, 0.3) is 11.0 Å². The van der Waals surface area contributed by atoms with Crippen molar-refractivity contribution in [2.75, 3.05) is 31.6 Å². The second-order valence-corrected chi connectivity index (χ2v) is 6.87. The zero-order chi connectivity index (χ0) is 17.4. The Hall–Kier alpha value is -1.96. The van der Waals surface area contributed by atoms with Crippen LogP contribution in [0.5, 0.6) is 0 Å². The maximum absolute atomic E-state index is 11.6. The van der Waals surface area contributed by atoms with Gasteiger partial charge in [-0.15, -0.1) is 0 Å². The third-order valence-electron chi connectivity index (χ3n) is 4.83. The van der Waals surface area contributed by atoms with E-state index in [0.717, 1.165) is 42.6 Å². The van der Waals surface area contributed by atoms with Crippen LogP contribution in [0.3, 0.4) is 0 Å². The molecule has 1 aromatic carbocycles. The van der Waals surface area contributed by atoms with Crippen LogP contribution in [0, 0.1) is 6.92 Å². The Morgan fingerprint density at radius 2 is 1.92 bits per heavy atom. The van der Waals surface area contributed by atoms with Gasteiger partial charge < -0.3 is 24.1 Å². The van der Waals surface area contributed by atoms with E-state index in [1.54, 1.807) is 0 Å². The number of nitrogens with zero attached hydrogens (tertiary/aromatic N) is 1. The van der Waals surface area contributed by atoms with Gasteiger partial charge in [-0.3, -0.25) is 0 Å². The fourth-order valence-corrected chi connectivity index (χ4v) is 3.74. The molecular formula is C18H20N2O4S. The Balaban J connectivity index is 1.46. The largest absolute Gasteiger partial charge is 0.423 e. The molecule has 0 saturated carbocycles. The Morgan fingerprint density at radius 3 is 2.64 bits per heavy atom. The number of piperidine rings is 1. The van der Waals surface area contributed by atoms with Crippen LogP contribution in [0.2, 0.25) is 0 Å². The first kappa shape index (κ1) is 16.5. The fourth-order valence-electron chi connectivity index (χ4n) is 3.44. The van der Waals surface area contributed by atoms with E-state index < -0.39 is 5.79 Å². The monoisotopic (exact) mass is 360 g/mol. The lowest BCUT2D eigenvalue weighted by atomic mass is 10.0. The first-order valence-electron chi connectivity index (χ1n) is 8.43. The van der Waals surface area contributed by atoms with Crippen molar-refractivity contribution < 1.29 is 13.9 Å². The zero-order valence-electron chi connectivity index (χ0n) is 14.0. The summed E-state index contributed by atoms with van der Waals surface area (Å²) in [7, 11) is 0. The molecule has 0 bridgehead atoms. The number of fused-ring (bicyclic) bond motifs is 1. The molecule has 6 nitrogen and oxygen atoms in total. The third-order valence-corrected chi connectivity index (χ3v) is 5.19. The van der Waals surface area contributed by atoms with Gasteiger partial charge in [0.2, 0.25) is 0 Å². The number of hydrogen-bond acceptors (Lipinski definition) is 5. The summed E-state index contributed by atoms with van der Waals surface area (Å²) in [6.45, 7) is 4.81. The van der Waals surface area contributed by atoms with E-state index in [2.05, 4.69) is 10.2 Å². The SMILES string of the molecule is Cc1cc(=O)oc2cc(NC(=S)N3CCC4(CC3)OCCO4)ccc12. The average molecular weight is 360 g/mol. The number of nitrogens with one attached hydrogen (secondary N) is 1. The molecule has 1 N–H and O–H groups in total. The van der Waals surface area contributed by atoms with Gasteiger partial charge in [0.25, 0.3) is 0 Å². The molecule has 2 fully saturated rings. The summed E-state index contributed by atoms with van der Waals surface area (Å²) < 4.78 is 16.8. The average Bonchev–Trinajstić information content (AvgIpc) is 3.03. The summed E-state index contributed by atoms with van der Waals surface area (Å²) in [5, 5.41) is 4.81. The topological polar surface area (TPSA) is 63.9 Å². The van der Waals surface area contributed by atoms with E-state index in [1.165, 1.54) is 6.07 Å². The van der Waals surface area contributed by atoms with Crippen molar-refractivity contribution in [2.24, 2.45) is 0 Å². The van der Waals surface area contributed by atoms with E-state index in [1.807, 2.05) is 25.1 Å². The van der Waals surface area contributed by atoms with Gasteiger partial charge in [-0.1, -0.05) is 0 Å². The van der Waals surface area contributed by atoms with Crippen molar-refractivity contribution in [1.82, 2.24) is 4.90 Å². The van der Waals surface area contributed by atoms with Gasteiger partial charge in [0.1, 0.15) is 5.58 Å². The minimum atomic E-state index is -0.407.